The molecule has 1 aromatic heterocycles. The number of aromatic nitrogens is 1. The van der Waals surface area contributed by atoms with Gasteiger partial charge >= 0.3 is 5.97 Å². The molecular formula is C20H24N4O7S. The predicted molar refractivity (Wildman–Crippen MR) is 113 cm³/mol. The Kier molecular flexibility index (Phi) is 8.27. The Morgan fingerprint density at radius 3 is 2.34 bits per heavy atom. The van der Waals surface area contributed by atoms with Gasteiger partial charge in [-0.05, 0) is 49.2 Å². The van der Waals surface area contributed by atoms with E-state index in [9.17, 15) is 27.6 Å². The fourth-order valence-electron chi connectivity index (χ4n) is 2.48. The van der Waals surface area contributed by atoms with Crippen LogP contribution in [-0.4, -0.2) is 56.4 Å². The Morgan fingerprint density at radius 2 is 1.72 bits per heavy atom. The van der Waals surface area contributed by atoms with Crippen molar-refractivity contribution in [2.24, 2.45) is 7.05 Å². The molecule has 0 spiro atoms. The monoisotopic (exact) mass is 464 g/mol. The Hall–Kier alpha value is -3.51. The molecule has 0 atom stereocenters. The first-order chi connectivity index (χ1) is 15.0. The molecule has 0 radical (unpaired) electrons. The van der Waals surface area contributed by atoms with Gasteiger partial charge in [-0.1, -0.05) is 6.07 Å². The van der Waals surface area contributed by atoms with Gasteiger partial charge in [0.2, 0.25) is 15.9 Å². The van der Waals surface area contributed by atoms with Gasteiger partial charge in [0.15, 0.2) is 6.61 Å². The number of hydrogen-bond donors (Lipinski definition) is 3. The van der Waals surface area contributed by atoms with Crippen molar-refractivity contribution >= 4 is 33.7 Å². The van der Waals surface area contributed by atoms with Crippen LogP contribution < -0.4 is 15.4 Å². The molecule has 12 heteroatoms. The second-order valence-electron chi connectivity index (χ2n) is 6.89. The predicted octanol–water partition coefficient (Wildman–Crippen LogP) is -0.464. The van der Waals surface area contributed by atoms with Crippen LogP contribution >= 0.6 is 0 Å². The van der Waals surface area contributed by atoms with E-state index in [4.69, 9.17) is 0 Å². The number of nitrogens with zero attached hydrogens (tertiary/aromatic N) is 1. The van der Waals surface area contributed by atoms with Crippen LogP contribution in [0.4, 0.5) is 0 Å². The van der Waals surface area contributed by atoms with Crippen molar-refractivity contribution in [3.05, 3.63) is 53.3 Å². The normalized spacial score (nSPS) is 11.0. The molecule has 11 nitrogen and oxygen atoms in total. The number of carbonyl (C=O) groups is 4. The number of nitrogens with one attached hydrogen (secondary N) is 3. The van der Waals surface area contributed by atoms with Gasteiger partial charge in [0.1, 0.15) is 12.2 Å². The van der Waals surface area contributed by atoms with Crippen molar-refractivity contribution in [3.8, 4) is 0 Å². The van der Waals surface area contributed by atoms with E-state index in [1.165, 1.54) is 22.8 Å². The summed E-state index contributed by atoms with van der Waals surface area (Å²) in [5.74, 6) is -3.19. The third kappa shape index (κ3) is 7.03. The van der Waals surface area contributed by atoms with Crippen molar-refractivity contribution in [1.29, 1.82) is 0 Å². The third-order valence-electron chi connectivity index (χ3n) is 4.43. The van der Waals surface area contributed by atoms with Crippen molar-refractivity contribution in [1.82, 2.24) is 19.9 Å². The van der Waals surface area contributed by atoms with E-state index in [1.807, 2.05) is 6.92 Å². The SMILES string of the molecule is Cc1ccc(S(=O)(=O)NCC(=O)NCC(=O)OCC(=O)NC(=O)c2cccn2C)cc1C. The summed E-state index contributed by atoms with van der Waals surface area (Å²) in [6, 6.07) is 7.71. The van der Waals surface area contributed by atoms with Gasteiger partial charge < -0.3 is 14.6 Å². The fourth-order valence-corrected chi connectivity index (χ4v) is 3.55. The van der Waals surface area contributed by atoms with E-state index in [1.54, 1.807) is 32.3 Å². The zero-order valence-corrected chi connectivity index (χ0v) is 18.6. The first-order valence-electron chi connectivity index (χ1n) is 9.44. The quantitative estimate of drug-likeness (QED) is 0.424. The molecule has 0 unspecified atom stereocenters. The van der Waals surface area contributed by atoms with Gasteiger partial charge in [-0.15, -0.1) is 0 Å². The molecule has 0 aliphatic rings. The van der Waals surface area contributed by atoms with Gasteiger partial charge in [-0.2, -0.15) is 0 Å². The van der Waals surface area contributed by atoms with E-state index >= 15 is 0 Å². The number of imide groups is 1. The molecule has 1 aromatic carbocycles. The molecule has 3 N–H and O–H groups in total. The van der Waals surface area contributed by atoms with Crippen LogP contribution in [-0.2, 0) is 36.2 Å². The Balaban J connectivity index is 1.71. The summed E-state index contributed by atoms with van der Waals surface area (Å²) in [5.41, 5.74) is 1.97. The molecule has 32 heavy (non-hydrogen) atoms. The maximum absolute atomic E-state index is 12.3. The van der Waals surface area contributed by atoms with Crippen molar-refractivity contribution in [3.63, 3.8) is 0 Å². The number of aryl methyl sites for hydroxylation is 3. The number of rotatable bonds is 9. The average Bonchev–Trinajstić information content (AvgIpc) is 3.17. The molecule has 172 valence electrons. The lowest BCUT2D eigenvalue weighted by Crippen LogP contribution is -2.40. The van der Waals surface area contributed by atoms with Crippen molar-refractivity contribution in [2.75, 3.05) is 19.7 Å². The lowest BCUT2D eigenvalue weighted by atomic mass is 10.1. The molecule has 1 heterocycles. The first kappa shape index (κ1) is 24.8. The van der Waals surface area contributed by atoms with Gasteiger partial charge in [-0.3, -0.25) is 24.5 Å². The highest BCUT2D eigenvalue weighted by atomic mass is 32.2. The van der Waals surface area contributed by atoms with Crippen LogP contribution in [0.15, 0.2) is 41.4 Å². The van der Waals surface area contributed by atoms with E-state index < -0.39 is 53.4 Å². The van der Waals surface area contributed by atoms with Crippen LogP contribution in [0.25, 0.3) is 0 Å². The summed E-state index contributed by atoms with van der Waals surface area (Å²) in [7, 11) is -2.27. The Bertz CT molecular complexity index is 1140. The van der Waals surface area contributed by atoms with Crippen LogP contribution in [0, 0.1) is 13.8 Å². The summed E-state index contributed by atoms with van der Waals surface area (Å²) >= 11 is 0. The van der Waals surface area contributed by atoms with E-state index in [-0.39, 0.29) is 10.6 Å². The summed E-state index contributed by atoms with van der Waals surface area (Å²) in [6.45, 7) is 1.72. The molecule has 2 aromatic rings. The van der Waals surface area contributed by atoms with Crippen LogP contribution in [0.5, 0.6) is 0 Å². The summed E-state index contributed by atoms with van der Waals surface area (Å²) in [6.07, 6.45) is 1.63. The smallest absolute Gasteiger partial charge is 0.325 e. The second kappa shape index (κ2) is 10.7. The minimum atomic E-state index is -3.90. The second-order valence-corrected chi connectivity index (χ2v) is 8.66. The molecule has 0 bridgehead atoms. The standard InChI is InChI=1S/C20H24N4O7S/c1-13-6-7-15(9-14(13)2)32(29,30)22-10-17(25)21-11-19(27)31-12-18(26)23-20(28)16-5-4-8-24(16)3/h4-9,22H,10-12H2,1-3H3,(H,21,25)(H,23,26,28). The lowest BCUT2D eigenvalue weighted by molar-refractivity contribution is -0.148. The minimum absolute atomic E-state index is 0.0173. The van der Waals surface area contributed by atoms with Gasteiger partial charge in [0, 0.05) is 13.2 Å². The zero-order valence-electron chi connectivity index (χ0n) is 17.8. The fraction of sp³-hybridized carbons (Fsp3) is 0.300. The first-order valence-corrected chi connectivity index (χ1v) is 10.9. The van der Waals surface area contributed by atoms with E-state index in [0.29, 0.717) is 0 Å². The molecule has 0 aliphatic heterocycles. The van der Waals surface area contributed by atoms with E-state index in [2.05, 4.69) is 20.1 Å². The van der Waals surface area contributed by atoms with Gasteiger partial charge in [-0.25, -0.2) is 13.1 Å². The van der Waals surface area contributed by atoms with Crippen LogP contribution in [0.1, 0.15) is 21.6 Å². The molecule has 0 saturated heterocycles. The van der Waals surface area contributed by atoms with E-state index in [0.717, 1.165) is 11.1 Å². The van der Waals surface area contributed by atoms with Crippen LogP contribution in [0.2, 0.25) is 0 Å². The van der Waals surface area contributed by atoms with Crippen molar-refractivity contribution in [2.45, 2.75) is 18.7 Å². The van der Waals surface area contributed by atoms with Crippen molar-refractivity contribution < 1.29 is 32.3 Å². The topological polar surface area (TPSA) is 153 Å². The average molecular weight is 465 g/mol. The summed E-state index contributed by atoms with van der Waals surface area (Å²) in [4.78, 5) is 47.1. The maximum atomic E-state index is 12.3. The highest BCUT2D eigenvalue weighted by Crippen LogP contribution is 2.14. The summed E-state index contributed by atoms with van der Waals surface area (Å²) < 4.78 is 32.8. The highest BCUT2D eigenvalue weighted by Gasteiger charge is 2.17. The molecule has 0 fully saturated rings. The lowest BCUT2D eigenvalue weighted by Gasteiger charge is -2.09. The van der Waals surface area contributed by atoms with Gasteiger partial charge in [0.05, 0.1) is 11.4 Å². The number of carbonyl (C=O) groups excluding carboxylic acids is 4. The van der Waals surface area contributed by atoms with Gasteiger partial charge in [0.25, 0.3) is 11.8 Å². The number of esters is 1. The zero-order chi connectivity index (χ0) is 23.9. The van der Waals surface area contributed by atoms with Crippen LogP contribution in [0.3, 0.4) is 0 Å². The maximum Gasteiger partial charge on any atom is 0.325 e. The number of sulfonamides is 1. The molecule has 0 aliphatic carbocycles. The number of amides is 3. The Morgan fingerprint density at radius 1 is 1.00 bits per heavy atom. The third-order valence-corrected chi connectivity index (χ3v) is 5.83. The number of benzene rings is 1. The largest absolute Gasteiger partial charge is 0.454 e. The summed E-state index contributed by atoms with van der Waals surface area (Å²) in [5, 5.41) is 4.24. The molecule has 3 amide bonds. The molecule has 0 saturated carbocycles. The Labute approximate surface area is 185 Å². The number of ether oxygens (including phenoxy) is 1. The molecule has 2 rings (SSSR count). The minimum Gasteiger partial charge on any atom is -0.454 e. The molecular weight excluding hydrogens is 440 g/mol. The number of hydrogen-bond acceptors (Lipinski definition) is 7. The highest BCUT2D eigenvalue weighted by molar-refractivity contribution is 7.89.